The van der Waals surface area contributed by atoms with E-state index >= 15 is 0 Å². The summed E-state index contributed by atoms with van der Waals surface area (Å²) in [6, 6.07) is 12.4. The zero-order valence-electron chi connectivity index (χ0n) is 13.9. The molecule has 1 atom stereocenters. The predicted molar refractivity (Wildman–Crippen MR) is 93.3 cm³/mol. The lowest BCUT2D eigenvalue weighted by molar-refractivity contribution is 0.0995. The van der Waals surface area contributed by atoms with Crippen molar-refractivity contribution in [3.63, 3.8) is 0 Å². The highest BCUT2D eigenvalue weighted by atomic mass is 16.1. The number of nitrogens with zero attached hydrogens (tertiary/aromatic N) is 3. The van der Waals surface area contributed by atoms with Crippen LogP contribution >= 0.6 is 0 Å². The van der Waals surface area contributed by atoms with Crippen LogP contribution in [0.5, 0.6) is 0 Å². The molecule has 1 amide bonds. The first-order chi connectivity index (χ1) is 11.7. The summed E-state index contributed by atoms with van der Waals surface area (Å²) in [7, 11) is 0. The van der Waals surface area contributed by atoms with Gasteiger partial charge in [-0.05, 0) is 56.3 Å². The molecule has 0 radical (unpaired) electrons. The molecule has 2 heterocycles. The fraction of sp³-hybridized carbons (Fsp3) is 0.421. The quantitative estimate of drug-likeness (QED) is 0.917. The van der Waals surface area contributed by atoms with Crippen LogP contribution in [0.1, 0.15) is 41.0 Å². The molecule has 5 heteroatoms. The van der Waals surface area contributed by atoms with E-state index in [0.717, 1.165) is 38.2 Å². The second kappa shape index (κ2) is 8.02. The molecule has 1 aliphatic heterocycles. The second-order valence-corrected chi connectivity index (χ2v) is 6.52. The van der Waals surface area contributed by atoms with Gasteiger partial charge in [0.2, 0.25) is 0 Å². The molecule has 1 saturated heterocycles. The third-order valence-corrected chi connectivity index (χ3v) is 4.66. The molecule has 2 aromatic rings. The molecule has 0 aliphatic carbocycles. The normalized spacial score (nSPS) is 18.9. The molecule has 3 rings (SSSR count). The topological polar surface area (TPSA) is 72.1 Å². The van der Waals surface area contributed by atoms with Crippen LogP contribution in [-0.2, 0) is 13.0 Å². The minimum atomic E-state index is -0.492. The van der Waals surface area contributed by atoms with E-state index in [1.165, 1.54) is 24.7 Å². The van der Waals surface area contributed by atoms with E-state index in [9.17, 15) is 4.79 Å². The maximum atomic E-state index is 11.2. The highest BCUT2D eigenvalue weighted by Gasteiger charge is 2.18. The van der Waals surface area contributed by atoms with Crippen molar-refractivity contribution < 1.29 is 4.79 Å². The Morgan fingerprint density at radius 1 is 1.17 bits per heavy atom. The lowest BCUT2D eigenvalue weighted by Gasteiger charge is -2.20. The summed E-state index contributed by atoms with van der Waals surface area (Å²) in [5.74, 6) is 0.106. The lowest BCUT2D eigenvalue weighted by Crippen LogP contribution is -2.24. The summed E-state index contributed by atoms with van der Waals surface area (Å²) in [5.41, 5.74) is 7.89. The summed E-state index contributed by atoms with van der Waals surface area (Å²) < 4.78 is 0. The Hall–Kier alpha value is -2.27. The number of likely N-dealkylation sites (tertiary alicyclic amines) is 1. The van der Waals surface area contributed by atoms with Crippen molar-refractivity contribution in [2.45, 2.75) is 32.2 Å². The van der Waals surface area contributed by atoms with E-state index in [4.69, 9.17) is 5.73 Å². The summed E-state index contributed by atoms with van der Waals surface area (Å²) in [4.78, 5) is 22.0. The minimum Gasteiger partial charge on any atom is -0.364 e. The number of rotatable bonds is 5. The molecular formula is C19H24N4O. The third-order valence-electron chi connectivity index (χ3n) is 4.66. The number of carbonyl (C=O) groups is 1. The maximum absolute atomic E-state index is 11.2. The molecule has 1 aromatic carbocycles. The Balaban J connectivity index is 1.55. The van der Waals surface area contributed by atoms with E-state index < -0.39 is 5.91 Å². The van der Waals surface area contributed by atoms with Crippen LogP contribution in [-0.4, -0.2) is 33.9 Å². The molecule has 5 nitrogen and oxygen atoms in total. The van der Waals surface area contributed by atoms with Crippen LogP contribution in [0.25, 0.3) is 0 Å². The average Bonchev–Trinajstić information content (AvgIpc) is 2.81. The van der Waals surface area contributed by atoms with Crippen molar-refractivity contribution in [2.75, 3.05) is 13.1 Å². The predicted octanol–water partition coefficient (Wildman–Crippen LogP) is 2.42. The minimum absolute atomic E-state index is 0.305. The number of hydrogen-bond acceptors (Lipinski definition) is 4. The van der Waals surface area contributed by atoms with E-state index in [0.29, 0.717) is 11.6 Å². The van der Waals surface area contributed by atoms with Gasteiger partial charge >= 0.3 is 0 Å². The molecule has 126 valence electrons. The van der Waals surface area contributed by atoms with Gasteiger partial charge in [0.25, 0.3) is 5.91 Å². The molecule has 1 aromatic heterocycles. The number of hydrogen-bond donors (Lipinski definition) is 1. The van der Waals surface area contributed by atoms with Gasteiger partial charge in [0.1, 0.15) is 12.0 Å². The molecule has 0 bridgehead atoms. The number of amides is 1. The number of primary amides is 1. The Kier molecular flexibility index (Phi) is 5.54. The third kappa shape index (κ3) is 4.61. The first-order valence-electron chi connectivity index (χ1n) is 8.57. The lowest BCUT2D eigenvalue weighted by atomic mass is 9.95. The van der Waals surface area contributed by atoms with Crippen molar-refractivity contribution in [3.05, 3.63) is 59.7 Å². The molecule has 2 N–H and O–H groups in total. The van der Waals surface area contributed by atoms with Crippen LogP contribution < -0.4 is 5.73 Å². The van der Waals surface area contributed by atoms with Crippen molar-refractivity contribution in [2.24, 2.45) is 11.7 Å². The van der Waals surface area contributed by atoms with E-state index in [-0.39, 0.29) is 0 Å². The molecule has 0 spiro atoms. The zero-order valence-corrected chi connectivity index (χ0v) is 13.9. The van der Waals surface area contributed by atoms with E-state index in [2.05, 4.69) is 45.2 Å². The fourth-order valence-corrected chi connectivity index (χ4v) is 3.37. The second-order valence-electron chi connectivity index (χ2n) is 6.52. The Morgan fingerprint density at radius 3 is 2.79 bits per heavy atom. The molecule has 1 fully saturated rings. The van der Waals surface area contributed by atoms with Gasteiger partial charge in [-0.1, -0.05) is 30.3 Å². The first-order valence-corrected chi connectivity index (χ1v) is 8.57. The van der Waals surface area contributed by atoms with Crippen molar-refractivity contribution >= 4 is 5.91 Å². The number of nitrogens with two attached hydrogens (primary N) is 1. The average molecular weight is 324 g/mol. The van der Waals surface area contributed by atoms with Gasteiger partial charge in [0, 0.05) is 12.2 Å². The van der Waals surface area contributed by atoms with Crippen LogP contribution in [0.2, 0.25) is 0 Å². The summed E-state index contributed by atoms with van der Waals surface area (Å²) in [5, 5.41) is 0. The van der Waals surface area contributed by atoms with Gasteiger partial charge in [0.15, 0.2) is 0 Å². The highest BCUT2D eigenvalue weighted by molar-refractivity contribution is 5.90. The van der Waals surface area contributed by atoms with Crippen molar-refractivity contribution in [3.8, 4) is 0 Å². The van der Waals surface area contributed by atoms with Crippen LogP contribution in [0.15, 0.2) is 42.7 Å². The van der Waals surface area contributed by atoms with E-state index in [1.54, 1.807) is 6.07 Å². The largest absolute Gasteiger partial charge is 0.364 e. The first kappa shape index (κ1) is 16.6. The molecule has 24 heavy (non-hydrogen) atoms. The van der Waals surface area contributed by atoms with Crippen LogP contribution in [0.3, 0.4) is 0 Å². The van der Waals surface area contributed by atoms with Gasteiger partial charge in [-0.15, -0.1) is 0 Å². The highest BCUT2D eigenvalue weighted by Crippen LogP contribution is 2.22. The maximum Gasteiger partial charge on any atom is 0.267 e. The Labute approximate surface area is 142 Å². The number of benzene rings is 1. The SMILES string of the molecule is NC(=O)c1cc(CC2CCCN(Cc3ccccc3)CC2)ncn1. The summed E-state index contributed by atoms with van der Waals surface area (Å²) >= 11 is 0. The van der Waals surface area contributed by atoms with Crippen LogP contribution in [0, 0.1) is 5.92 Å². The molecular weight excluding hydrogens is 300 g/mol. The smallest absolute Gasteiger partial charge is 0.267 e. The molecule has 0 saturated carbocycles. The monoisotopic (exact) mass is 324 g/mol. The summed E-state index contributed by atoms with van der Waals surface area (Å²) in [6.07, 6.45) is 5.88. The van der Waals surface area contributed by atoms with Crippen molar-refractivity contribution in [1.29, 1.82) is 0 Å². The Bertz CT molecular complexity index is 674. The van der Waals surface area contributed by atoms with Gasteiger partial charge in [-0.3, -0.25) is 9.69 Å². The van der Waals surface area contributed by atoms with Gasteiger partial charge in [-0.2, -0.15) is 0 Å². The van der Waals surface area contributed by atoms with Gasteiger partial charge < -0.3 is 5.73 Å². The van der Waals surface area contributed by atoms with Gasteiger partial charge in [0.05, 0.1) is 0 Å². The molecule has 1 aliphatic rings. The fourth-order valence-electron chi connectivity index (χ4n) is 3.37. The molecule has 1 unspecified atom stereocenters. The number of aromatic nitrogens is 2. The number of carbonyl (C=O) groups excluding carboxylic acids is 1. The van der Waals surface area contributed by atoms with Gasteiger partial charge in [-0.25, -0.2) is 9.97 Å². The van der Waals surface area contributed by atoms with Crippen molar-refractivity contribution in [1.82, 2.24) is 14.9 Å². The van der Waals surface area contributed by atoms with Crippen LogP contribution in [0.4, 0.5) is 0 Å². The zero-order chi connectivity index (χ0) is 16.8. The Morgan fingerprint density at radius 2 is 2.00 bits per heavy atom. The van der Waals surface area contributed by atoms with E-state index in [1.807, 2.05) is 0 Å². The summed E-state index contributed by atoms with van der Waals surface area (Å²) in [6.45, 7) is 3.27. The standard InChI is InChI=1S/C19H24N4O/c20-19(24)18-12-17(21-14-22-18)11-15-7-4-9-23(10-8-15)13-16-5-2-1-3-6-16/h1-3,5-6,12,14-15H,4,7-11,13H2,(H2,20,24).